The highest BCUT2D eigenvalue weighted by molar-refractivity contribution is 5.93. The molecule has 0 bridgehead atoms. The quantitative estimate of drug-likeness (QED) is 0.893. The molecule has 1 aliphatic rings. The number of imidazole rings is 1. The van der Waals surface area contributed by atoms with Crippen molar-refractivity contribution in [2.75, 3.05) is 6.54 Å². The summed E-state index contributed by atoms with van der Waals surface area (Å²) in [6.07, 6.45) is 5.37. The topological polar surface area (TPSA) is 74.9 Å². The molecule has 3 rings (SSSR count). The Morgan fingerprint density at radius 1 is 1.40 bits per heavy atom. The van der Waals surface area contributed by atoms with Gasteiger partial charge in [-0.25, -0.2) is 4.98 Å². The number of hydrogen-bond acceptors (Lipinski definition) is 3. The maximum absolute atomic E-state index is 12.5. The molecule has 1 amide bonds. The molecule has 1 aliphatic carbocycles. The van der Waals surface area contributed by atoms with Crippen molar-refractivity contribution in [2.24, 2.45) is 0 Å². The minimum absolute atomic E-state index is 0.0321. The summed E-state index contributed by atoms with van der Waals surface area (Å²) in [5, 5.41) is 8.77. The van der Waals surface area contributed by atoms with Crippen LogP contribution < -0.4 is 0 Å². The number of carboxylic acids is 1. The monoisotopic (exact) mass is 273 g/mol. The Morgan fingerprint density at radius 3 is 2.85 bits per heavy atom. The van der Waals surface area contributed by atoms with Crippen molar-refractivity contribution in [1.29, 1.82) is 0 Å². The van der Waals surface area contributed by atoms with Gasteiger partial charge in [0.2, 0.25) is 0 Å². The first-order valence-corrected chi connectivity index (χ1v) is 6.61. The average molecular weight is 273 g/mol. The third-order valence-corrected chi connectivity index (χ3v) is 3.40. The third-order valence-electron chi connectivity index (χ3n) is 3.40. The number of amides is 1. The Labute approximate surface area is 115 Å². The van der Waals surface area contributed by atoms with E-state index in [1.807, 2.05) is 24.4 Å². The van der Waals surface area contributed by atoms with Crippen LogP contribution in [0, 0.1) is 0 Å². The largest absolute Gasteiger partial charge is 0.481 e. The first kappa shape index (κ1) is 12.7. The van der Waals surface area contributed by atoms with Crippen LogP contribution in [0.15, 0.2) is 30.6 Å². The van der Waals surface area contributed by atoms with Crippen LogP contribution >= 0.6 is 0 Å². The van der Waals surface area contributed by atoms with E-state index in [4.69, 9.17) is 5.11 Å². The van der Waals surface area contributed by atoms with E-state index in [2.05, 4.69) is 4.98 Å². The lowest BCUT2D eigenvalue weighted by molar-refractivity contribution is -0.137. The normalized spacial score (nSPS) is 14.4. The smallest absolute Gasteiger partial charge is 0.305 e. The lowest BCUT2D eigenvalue weighted by Crippen LogP contribution is -2.35. The van der Waals surface area contributed by atoms with E-state index in [-0.39, 0.29) is 24.9 Å². The summed E-state index contributed by atoms with van der Waals surface area (Å²) in [5.74, 6) is -1.07. The van der Waals surface area contributed by atoms with E-state index in [1.54, 1.807) is 15.5 Å². The summed E-state index contributed by atoms with van der Waals surface area (Å²) in [6.45, 7) is 0.243. The Balaban J connectivity index is 1.82. The van der Waals surface area contributed by atoms with E-state index in [0.29, 0.717) is 11.3 Å². The minimum Gasteiger partial charge on any atom is -0.481 e. The van der Waals surface area contributed by atoms with Crippen LogP contribution in [0.1, 0.15) is 29.8 Å². The molecular weight excluding hydrogens is 258 g/mol. The van der Waals surface area contributed by atoms with Crippen LogP contribution in [0.2, 0.25) is 0 Å². The van der Waals surface area contributed by atoms with Gasteiger partial charge in [0.15, 0.2) is 0 Å². The lowest BCUT2D eigenvalue weighted by atomic mass is 10.3. The molecule has 6 nitrogen and oxygen atoms in total. The van der Waals surface area contributed by atoms with Gasteiger partial charge in [-0.2, -0.15) is 0 Å². The number of nitrogens with zero attached hydrogens (tertiary/aromatic N) is 3. The predicted octanol–water partition coefficient (Wildman–Crippen LogP) is 1.41. The molecule has 6 heteroatoms. The number of carbonyl (C=O) groups is 2. The van der Waals surface area contributed by atoms with Gasteiger partial charge >= 0.3 is 5.97 Å². The Kier molecular flexibility index (Phi) is 3.14. The van der Waals surface area contributed by atoms with Gasteiger partial charge in [0, 0.05) is 25.0 Å². The molecule has 0 aliphatic heterocycles. The predicted molar refractivity (Wildman–Crippen MR) is 71.5 cm³/mol. The third kappa shape index (κ3) is 2.49. The van der Waals surface area contributed by atoms with Crippen molar-refractivity contribution in [2.45, 2.75) is 25.3 Å². The van der Waals surface area contributed by atoms with Gasteiger partial charge in [0.1, 0.15) is 11.3 Å². The fraction of sp³-hybridized carbons (Fsp3) is 0.357. The van der Waals surface area contributed by atoms with Crippen LogP contribution in [-0.2, 0) is 4.79 Å². The molecule has 1 saturated carbocycles. The van der Waals surface area contributed by atoms with E-state index in [1.165, 1.54) is 0 Å². The highest BCUT2D eigenvalue weighted by atomic mass is 16.4. The molecular formula is C14H15N3O3. The molecule has 1 fully saturated rings. The number of pyridine rings is 1. The number of fused-ring (bicyclic) bond motifs is 1. The molecule has 0 aromatic carbocycles. The van der Waals surface area contributed by atoms with Crippen molar-refractivity contribution >= 4 is 17.5 Å². The molecule has 20 heavy (non-hydrogen) atoms. The SMILES string of the molecule is O=C(O)CCN(C(=O)c1cn2ccccc2n1)C1CC1. The van der Waals surface area contributed by atoms with Crippen LogP contribution in [-0.4, -0.2) is 43.9 Å². The van der Waals surface area contributed by atoms with Crippen LogP contribution in [0.3, 0.4) is 0 Å². The highest BCUT2D eigenvalue weighted by Gasteiger charge is 2.34. The first-order valence-electron chi connectivity index (χ1n) is 6.61. The Hall–Kier alpha value is -2.37. The van der Waals surface area contributed by atoms with Gasteiger partial charge in [-0.15, -0.1) is 0 Å². The maximum atomic E-state index is 12.5. The molecule has 2 aromatic rings. The molecule has 104 valence electrons. The number of rotatable bonds is 5. The van der Waals surface area contributed by atoms with Crippen LogP contribution in [0.5, 0.6) is 0 Å². The molecule has 0 spiro atoms. The fourth-order valence-corrected chi connectivity index (χ4v) is 2.24. The van der Waals surface area contributed by atoms with Crippen LogP contribution in [0.25, 0.3) is 5.65 Å². The summed E-state index contributed by atoms with van der Waals surface area (Å²) in [5.41, 5.74) is 1.08. The van der Waals surface area contributed by atoms with Gasteiger partial charge in [0.05, 0.1) is 6.42 Å². The molecule has 1 N–H and O–H groups in total. The summed E-state index contributed by atoms with van der Waals surface area (Å²) < 4.78 is 1.79. The zero-order valence-electron chi connectivity index (χ0n) is 10.9. The summed E-state index contributed by atoms with van der Waals surface area (Å²) >= 11 is 0. The van der Waals surface area contributed by atoms with E-state index < -0.39 is 5.97 Å². The standard InChI is InChI=1S/C14H15N3O3/c18-13(19)6-8-17(10-4-5-10)14(20)11-9-16-7-2-1-3-12(16)15-11/h1-3,7,9-10H,4-6,8H2,(H,18,19). The summed E-state index contributed by atoms with van der Waals surface area (Å²) in [7, 11) is 0. The van der Waals surface area contributed by atoms with Crippen molar-refractivity contribution < 1.29 is 14.7 Å². The first-order chi connectivity index (χ1) is 9.65. The van der Waals surface area contributed by atoms with Crippen LogP contribution in [0.4, 0.5) is 0 Å². The summed E-state index contributed by atoms with van der Waals surface area (Å²) in [6, 6.07) is 5.73. The van der Waals surface area contributed by atoms with Gasteiger partial charge in [-0.3, -0.25) is 9.59 Å². The van der Waals surface area contributed by atoms with Crippen molar-refractivity contribution in [1.82, 2.24) is 14.3 Å². The molecule has 0 unspecified atom stereocenters. The number of aliphatic carboxylic acids is 1. The second kappa shape index (κ2) is 4.96. The molecule has 0 saturated heterocycles. The zero-order chi connectivity index (χ0) is 14.1. The van der Waals surface area contributed by atoms with Crippen molar-refractivity contribution in [3.63, 3.8) is 0 Å². The molecule has 0 radical (unpaired) electrons. The lowest BCUT2D eigenvalue weighted by Gasteiger charge is -2.20. The molecule has 2 heterocycles. The summed E-state index contributed by atoms with van der Waals surface area (Å²) in [4.78, 5) is 29.1. The van der Waals surface area contributed by atoms with E-state index in [9.17, 15) is 9.59 Å². The van der Waals surface area contributed by atoms with Gasteiger partial charge < -0.3 is 14.4 Å². The molecule has 2 aromatic heterocycles. The number of aromatic nitrogens is 2. The van der Waals surface area contributed by atoms with Gasteiger partial charge in [-0.05, 0) is 25.0 Å². The Bertz CT molecular complexity index is 627. The number of carboxylic acid groups (broad SMARTS) is 1. The van der Waals surface area contributed by atoms with Crippen molar-refractivity contribution in [3.8, 4) is 0 Å². The Morgan fingerprint density at radius 2 is 2.20 bits per heavy atom. The maximum Gasteiger partial charge on any atom is 0.305 e. The minimum atomic E-state index is -0.890. The van der Waals surface area contributed by atoms with Gasteiger partial charge in [-0.1, -0.05) is 6.07 Å². The zero-order valence-corrected chi connectivity index (χ0v) is 10.9. The van der Waals surface area contributed by atoms with Gasteiger partial charge in [0.25, 0.3) is 5.91 Å². The molecule has 0 atom stereocenters. The second-order valence-electron chi connectivity index (χ2n) is 4.97. The number of carbonyl (C=O) groups excluding carboxylic acids is 1. The van der Waals surface area contributed by atoms with Crippen molar-refractivity contribution in [3.05, 3.63) is 36.3 Å². The second-order valence-corrected chi connectivity index (χ2v) is 4.97. The highest BCUT2D eigenvalue weighted by Crippen LogP contribution is 2.28. The van der Waals surface area contributed by atoms with E-state index >= 15 is 0 Å². The average Bonchev–Trinajstić information content (AvgIpc) is 3.16. The number of hydrogen-bond donors (Lipinski definition) is 1. The van der Waals surface area contributed by atoms with E-state index in [0.717, 1.165) is 12.8 Å². The fourth-order valence-electron chi connectivity index (χ4n) is 2.24.